The van der Waals surface area contributed by atoms with Crippen LogP contribution < -0.4 is 20.1 Å². The third-order valence-electron chi connectivity index (χ3n) is 3.40. The summed E-state index contributed by atoms with van der Waals surface area (Å²) in [6.07, 6.45) is 0.415. The Hall–Kier alpha value is -1.50. The van der Waals surface area contributed by atoms with Crippen molar-refractivity contribution >= 4 is 18.3 Å². The van der Waals surface area contributed by atoms with E-state index in [1.165, 1.54) is 0 Å². The minimum Gasteiger partial charge on any atom is -0.497 e. The largest absolute Gasteiger partial charge is 0.497 e. The van der Waals surface area contributed by atoms with Crippen LogP contribution in [0.3, 0.4) is 0 Å². The molecule has 1 aromatic rings. The second-order valence-corrected chi connectivity index (χ2v) is 4.88. The SMILES string of the molecule is COc1ccc(CNC(=O)CC2COCCN2)c(OC)c1.Cl. The van der Waals surface area contributed by atoms with Gasteiger partial charge in [-0.3, -0.25) is 4.79 Å². The van der Waals surface area contributed by atoms with Crippen LogP contribution in [-0.4, -0.2) is 45.9 Å². The maximum absolute atomic E-state index is 11.9. The van der Waals surface area contributed by atoms with Crippen molar-refractivity contribution in [1.82, 2.24) is 10.6 Å². The van der Waals surface area contributed by atoms with Crippen LogP contribution in [0, 0.1) is 0 Å². The molecule has 1 saturated heterocycles. The number of carbonyl (C=O) groups excluding carboxylic acids is 1. The van der Waals surface area contributed by atoms with Crippen molar-refractivity contribution in [1.29, 1.82) is 0 Å². The fraction of sp³-hybridized carbons (Fsp3) is 0.533. The van der Waals surface area contributed by atoms with Crippen LogP contribution in [0.5, 0.6) is 11.5 Å². The minimum atomic E-state index is -0.00382. The van der Waals surface area contributed by atoms with Gasteiger partial charge in [-0.05, 0) is 12.1 Å². The van der Waals surface area contributed by atoms with Gasteiger partial charge in [0.1, 0.15) is 11.5 Å². The quantitative estimate of drug-likeness (QED) is 0.818. The number of hydrogen-bond donors (Lipinski definition) is 2. The molecule has 2 N–H and O–H groups in total. The zero-order chi connectivity index (χ0) is 15.1. The predicted octanol–water partition coefficient (Wildman–Crippen LogP) is 1.12. The van der Waals surface area contributed by atoms with Gasteiger partial charge in [0.05, 0.1) is 27.4 Å². The van der Waals surface area contributed by atoms with Gasteiger partial charge in [-0.15, -0.1) is 12.4 Å². The van der Waals surface area contributed by atoms with Crippen LogP contribution in [0.25, 0.3) is 0 Å². The number of amides is 1. The molecule has 7 heteroatoms. The average Bonchev–Trinajstić information content (AvgIpc) is 2.53. The van der Waals surface area contributed by atoms with Gasteiger partial charge < -0.3 is 24.8 Å². The zero-order valence-electron chi connectivity index (χ0n) is 12.9. The number of halogens is 1. The van der Waals surface area contributed by atoms with E-state index in [1.807, 2.05) is 12.1 Å². The number of hydrogen-bond acceptors (Lipinski definition) is 5. The predicted molar refractivity (Wildman–Crippen MR) is 85.9 cm³/mol. The molecule has 0 saturated carbocycles. The first-order valence-corrected chi connectivity index (χ1v) is 7.01. The molecule has 1 heterocycles. The maximum atomic E-state index is 11.9. The van der Waals surface area contributed by atoms with Crippen LogP contribution in [-0.2, 0) is 16.1 Å². The number of nitrogens with one attached hydrogen (secondary N) is 2. The van der Waals surface area contributed by atoms with Crippen molar-refractivity contribution in [2.24, 2.45) is 0 Å². The molecule has 0 bridgehead atoms. The summed E-state index contributed by atoms with van der Waals surface area (Å²) in [6, 6.07) is 5.63. The Labute approximate surface area is 136 Å². The van der Waals surface area contributed by atoms with Gasteiger partial charge in [-0.25, -0.2) is 0 Å². The van der Waals surface area contributed by atoms with Crippen LogP contribution in [0.1, 0.15) is 12.0 Å². The van der Waals surface area contributed by atoms with Crippen molar-refractivity contribution in [2.45, 2.75) is 19.0 Å². The lowest BCUT2D eigenvalue weighted by Gasteiger charge is -2.23. The highest BCUT2D eigenvalue weighted by Crippen LogP contribution is 2.24. The number of benzene rings is 1. The summed E-state index contributed by atoms with van der Waals surface area (Å²) >= 11 is 0. The zero-order valence-corrected chi connectivity index (χ0v) is 13.7. The Morgan fingerprint density at radius 3 is 2.86 bits per heavy atom. The van der Waals surface area contributed by atoms with Gasteiger partial charge >= 0.3 is 0 Å². The van der Waals surface area contributed by atoms with Crippen molar-refractivity contribution in [2.75, 3.05) is 34.0 Å². The second-order valence-electron chi connectivity index (χ2n) is 4.88. The molecule has 1 amide bonds. The Morgan fingerprint density at radius 1 is 1.41 bits per heavy atom. The Bertz CT molecular complexity index is 479. The van der Waals surface area contributed by atoms with Crippen LogP contribution >= 0.6 is 12.4 Å². The summed E-state index contributed by atoms with van der Waals surface area (Å²) in [5.41, 5.74) is 0.916. The summed E-state index contributed by atoms with van der Waals surface area (Å²) in [5, 5.41) is 6.16. The molecular formula is C15H23ClN2O4. The fourth-order valence-electron chi connectivity index (χ4n) is 2.24. The molecule has 1 aliphatic heterocycles. The topological polar surface area (TPSA) is 68.8 Å². The molecule has 1 fully saturated rings. The number of morpholine rings is 1. The van der Waals surface area contributed by atoms with Gasteiger partial charge in [0.15, 0.2) is 0 Å². The van der Waals surface area contributed by atoms with E-state index in [-0.39, 0.29) is 24.4 Å². The van der Waals surface area contributed by atoms with Crippen LogP contribution in [0.4, 0.5) is 0 Å². The van der Waals surface area contributed by atoms with E-state index in [0.717, 1.165) is 17.9 Å². The summed E-state index contributed by atoms with van der Waals surface area (Å²) in [5.74, 6) is 1.43. The highest BCUT2D eigenvalue weighted by molar-refractivity contribution is 5.85. The summed E-state index contributed by atoms with van der Waals surface area (Å²) in [7, 11) is 3.21. The molecule has 1 unspecified atom stereocenters. The molecule has 1 aromatic carbocycles. The van der Waals surface area contributed by atoms with E-state index in [9.17, 15) is 4.79 Å². The number of carbonyl (C=O) groups is 1. The van der Waals surface area contributed by atoms with E-state index in [0.29, 0.717) is 31.9 Å². The van der Waals surface area contributed by atoms with Crippen LogP contribution in [0.2, 0.25) is 0 Å². The molecule has 0 spiro atoms. The first kappa shape index (κ1) is 18.5. The highest BCUT2D eigenvalue weighted by atomic mass is 35.5. The van der Waals surface area contributed by atoms with E-state index < -0.39 is 0 Å². The van der Waals surface area contributed by atoms with Crippen molar-refractivity contribution < 1.29 is 19.0 Å². The Balaban J connectivity index is 0.00000242. The smallest absolute Gasteiger partial charge is 0.221 e. The molecule has 1 aliphatic rings. The number of ether oxygens (including phenoxy) is 3. The first-order valence-electron chi connectivity index (χ1n) is 7.01. The molecule has 22 heavy (non-hydrogen) atoms. The summed E-state index contributed by atoms with van der Waals surface area (Å²) in [6.45, 7) is 2.52. The van der Waals surface area contributed by atoms with Gasteiger partial charge in [-0.1, -0.05) is 0 Å². The van der Waals surface area contributed by atoms with Gasteiger partial charge in [0, 0.05) is 37.2 Å². The average molecular weight is 331 g/mol. The normalized spacial score (nSPS) is 17.3. The minimum absolute atomic E-state index is 0. The highest BCUT2D eigenvalue weighted by Gasteiger charge is 2.17. The molecule has 0 aliphatic carbocycles. The van der Waals surface area contributed by atoms with Crippen LogP contribution in [0.15, 0.2) is 18.2 Å². The Kier molecular flexibility index (Phi) is 8.01. The lowest BCUT2D eigenvalue weighted by Crippen LogP contribution is -2.44. The van der Waals surface area contributed by atoms with E-state index in [2.05, 4.69) is 10.6 Å². The van der Waals surface area contributed by atoms with Crippen molar-refractivity contribution in [3.05, 3.63) is 23.8 Å². The van der Waals surface area contributed by atoms with E-state index in [1.54, 1.807) is 20.3 Å². The third-order valence-corrected chi connectivity index (χ3v) is 3.40. The lowest BCUT2D eigenvalue weighted by molar-refractivity contribution is -0.122. The molecule has 2 rings (SSSR count). The first-order chi connectivity index (χ1) is 10.2. The molecule has 6 nitrogen and oxygen atoms in total. The summed E-state index contributed by atoms with van der Waals surface area (Å²) in [4.78, 5) is 11.9. The molecule has 124 valence electrons. The number of rotatable bonds is 6. The fourth-order valence-corrected chi connectivity index (χ4v) is 2.24. The maximum Gasteiger partial charge on any atom is 0.221 e. The molecule has 1 atom stereocenters. The standard InChI is InChI=1S/C15H22N2O4.ClH/c1-19-13-4-3-11(14(8-13)20-2)9-17-15(18)7-12-10-21-6-5-16-12;/h3-4,8,12,16H,5-7,9-10H2,1-2H3,(H,17,18);1H. The van der Waals surface area contributed by atoms with Gasteiger partial charge in [-0.2, -0.15) is 0 Å². The monoisotopic (exact) mass is 330 g/mol. The number of methoxy groups -OCH3 is 2. The molecule has 0 aromatic heterocycles. The molecular weight excluding hydrogens is 308 g/mol. The van der Waals surface area contributed by atoms with Gasteiger partial charge in [0.2, 0.25) is 5.91 Å². The molecule has 0 radical (unpaired) electrons. The second kappa shape index (κ2) is 9.50. The third kappa shape index (κ3) is 5.36. The van der Waals surface area contributed by atoms with Crippen molar-refractivity contribution in [3.63, 3.8) is 0 Å². The van der Waals surface area contributed by atoms with E-state index in [4.69, 9.17) is 14.2 Å². The van der Waals surface area contributed by atoms with Crippen molar-refractivity contribution in [3.8, 4) is 11.5 Å². The Morgan fingerprint density at radius 2 is 2.23 bits per heavy atom. The summed E-state index contributed by atoms with van der Waals surface area (Å²) < 4.78 is 15.8. The van der Waals surface area contributed by atoms with E-state index >= 15 is 0 Å². The van der Waals surface area contributed by atoms with Gasteiger partial charge in [0.25, 0.3) is 0 Å². The lowest BCUT2D eigenvalue weighted by atomic mass is 10.1.